The average Bonchev–Trinajstić information content (AvgIpc) is 2.75. The van der Waals surface area contributed by atoms with Crippen molar-refractivity contribution in [2.24, 2.45) is 11.3 Å². The maximum Gasteiger partial charge on any atom is 0.233 e. The minimum absolute atomic E-state index is 0.00320. The van der Waals surface area contributed by atoms with Crippen molar-refractivity contribution in [1.29, 1.82) is 0 Å². The molecule has 15 heavy (non-hydrogen) atoms. The molecule has 2 amide bonds. The Morgan fingerprint density at radius 3 is 2.60 bits per heavy atom. The predicted molar refractivity (Wildman–Crippen MR) is 65.7 cm³/mol. The summed E-state index contributed by atoms with van der Waals surface area (Å²) < 4.78 is 1.06. The second kappa shape index (κ2) is 4.39. The fourth-order valence-electron chi connectivity index (χ4n) is 3.00. The number of hydrogen-bond donors (Lipinski definition) is 1. The number of amides is 2. The highest BCUT2D eigenvalue weighted by molar-refractivity contribution is 14.1. The molecule has 1 unspecified atom stereocenters. The van der Waals surface area contributed by atoms with Gasteiger partial charge < -0.3 is 0 Å². The number of alkyl halides is 1. The van der Waals surface area contributed by atoms with Gasteiger partial charge in [0.15, 0.2) is 0 Å². The quantitative estimate of drug-likeness (QED) is 0.491. The molecular formula is C11H16INO2. The van der Waals surface area contributed by atoms with Crippen LogP contribution >= 0.6 is 22.6 Å². The molecular weight excluding hydrogens is 305 g/mol. The van der Waals surface area contributed by atoms with E-state index in [-0.39, 0.29) is 23.1 Å². The Morgan fingerprint density at radius 2 is 2.00 bits per heavy atom. The zero-order chi connectivity index (χ0) is 10.9. The van der Waals surface area contributed by atoms with Gasteiger partial charge in [0.05, 0.1) is 11.3 Å². The molecule has 84 valence electrons. The first kappa shape index (κ1) is 11.4. The molecule has 0 aromatic carbocycles. The summed E-state index contributed by atoms with van der Waals surface area (Å²) in [6, 6.07) is 0. The lowest BCUT2D eigenvalue weighted by Gasteiger charge is -2.25. The molecule has 1 saturated carbocycles. The first-order valence-corrected chi connectivity index (χ1v) is 7.14. The van der Waals surface area contributed by atoms with Gasteiger partial charge in [0.25, 0.3) is 0 Å². The first-order valence-electron chi connectivity index (χ1n) is 5.62. The number of halogens is 1. The van der Waals surface area contributed by atoms with Crippen molar-refractivity contribution in [3.05, 3.63) is 0 Å². The Hall–Kier alpha value is -0.130. The predicted octanol–water partition coefficient (Wildman–Crippen LogP) is 2.03. The number of hydrogen-bond acceptors (Lipinski definition) is 2. The van der Waals surface area contributed by atoms with Crippen LogP contribution in [-0.2, 0) is 9.59 Å². The maximum absolute atomic E-state index is 11.8. The molecule has 1 aliphatic carbocycles. The number of rotatable bonds is 3. The van der Waals surface area contributed by atoms with Gasteiger partial charge in [-0.15, -0.1) is 0 Å². The SMILES string of the molecule is O=C1NC(=O)C2(CCCC2)C1CCCI. The van der Waals surface area contributed by atoms with Gasteiger partial charge in [-0.25, -0.2) is 0 Å². The summed E-state index contributed by atoms with van der Waals surface area (Å²) in [4.78, 5) is 23.6. The molecule has 0 aromatic rings. The number of imide groups is 1. The van der Waals surface area contributed by atoms with Crippen molar-refractivity contribution >= 4 is 34.4 Å². The molecule has 1 spiro atoms. The Bertz CT molecular complexity index is 284. The average molecular weight is 321 g/mol. The standard InChI is InChI=1S/C11H16INO2/c12-7-3-4-8-9(14)13-10(15)11(8)5-1-2-6-11/h8H,1-7H2,(H,13,14,15). The topological polar surface area (TPSA) is 46.2 Å². The third-order valence-corrected chi connectivity index (χ3v) is 4.56. The molecule has 1 atom stereocenters. The summed E-state index contributed by atoms with van der Waals surface area (Å²) in [6.07, 6.45) is 5.93. The Morgan fingerprint density at radius 1 is 1.33 bits per heavy atom. The van der Waals surface area contributed by atoms with Crippen LogP contribution in [0.25, 0.3) is 0 Å². The van der Waals surface area contributed by atoms with E-state index in [9.17, 15) is 9.59 Å². The zero-order valence-electron chi connectivity index (χ0n) is 8.72. The van der Waals surface area contributed by atoms with Crippen LogP contribution in [0.15, 0.2) is 0 Å². The summed E-state index contributed by atoms with van der Waals surface area (Å²) in [5.74, 6) is -0.0579. The molecule has 0 radical (unpaired) electrons. The summed E-state index contributed by atoms with van der Waals surface area (Å²) in [6.45, 7) is 0. The fraction of sp³-hybridized carbons (Fsp3) is 0.818. The van der Waals surface area contributed by atoms with E-state index in [0.29, 0.717) is 0 Å². The largest absolute Gasteiger partial charge is 0.296 e. The minimum Gasteiger partial charge on any atom is -0.296 e. The van der Waals surface area contributed by atoms with Crippen molar-refractivity contribution in [1.82, 2.24) is 5.32 Å². The van der Waals surface area contributed by atoms with E-state index in [1.54, 1.807) is 0 Å². The molecule has 0 bridgehead atoms. The van der Waals surface area contributed by atoms with Crippen LogP contribution in [0.4, 0.5) is 0 Å². The van der Waals surface area contributed by atoms with E-state index in [1.807, 2.05) is 0 Å². The molecule has 1 aliphatic heterocycles. The van der Waals surface area contributed by atoms with Crippen molar-refractivity contribution in [3.63, 3.8) is 0 Å². The highest BCUT2D eigenvalue weighted by atomic mass is 127. The van der Waals surface area contributed by atoms with Gasteiger partial charge in [0, 0.05) is 0 Å². The summed E-state index contributed by atoms with van der Waals surface area (Å²) in [5.41, 5.74) is -0.317. The van der Waals surface area contributed by atoms with Crippen molar-refractivity contribution in [3.8, 4) is 0 Å². The van der Waals surface area contributed by atoms with E-state index in [1.165, 1.54) is 0 Å². The van der Waals surface area contributed by atoms with E-state index in [2.05, 4.69) is 27.9 Å². The van der Waals surface area contributed by atoms with Crippen LogP contribution < -0.4 is 5.32 Å². The van der Waals surface area contributed by atoms with Gasteiger partial charge in [-0.1, -0.05) is 35.4 Å². The second-order valence-corrected chi connectivity index (χ2v) is 5.64. The second-order valence-electron chi connectivity index (χ2n) is 4.57. The molecule has 2 rings (SSSR count). The van der Waals surface area contributed by atoms with Gasteiger partial charge in [0.2, 0.25) is 11.8 Å². The van der Waals surface area contributed by atoms with Crippen molar-refractivity contribution in [2.45, 2.75) is 38.5 Å². The highest BCUT2D eigenvalue weighted by Gasteiger charge is 2.55. The van der Waals surface area contributed by atoms with E-state index >= 15 is 0 Å². The number of carbonyl (C=O) groups excluding carboxylic acids is 2. The van der Waals surface area contributed by atoms with E-state index in [0.717, 1.165) is 43.0 Å². The molecule has 1 saturated heterocycles. The molecule has 1 heterocycles. The van der Waals surface area contributed by atoms with Gasteiger partial charge in [-0.05, 0) is 30.1 Å². The number of nitrogens with one attached hydrogen (secondary N) is 1. The Labute approximate surface area is 104 Å². The highest BCUT2D eigenvalue weighted by Crippen LogP contribution is 2.49. The smallest absolute Gasteiger partial charge is 0.233 e. The first-order chi connectivity index (χ1) is 7.20. The van der Waals surface area contributed by atoms with Crippen molar-refractivity contribution in [2.75, 3.05) is 4.43 Å². The maximum atomic E-state index is 11.8. The van der Waals surface area contributed by atoms with Gasteiger partial charge in [0.1, 0.15) is 0 Å². The molecule has 2 aliphatic rings. The van der Waals surface area contributed by atoms with Crippen LogP contribution in [-0.4, -0.2) is 16.2 Å². The normalized spacial score (nSPS) is 28.7. The van der Waals surface area contributed by atoms with Crippen LogP contribution in [0, 0.1) is 11.3 Å². The van der Waals surface area contributed by atoms with E-state index in [4.69, 9.17) is 0 Å². The fourth-order valence-corrected chi connectivity index (χ4v) is 3.44. The molecule has 3 nitrogen and oxygen atoms in total. The number of carbonyl (C=O) groups is 2. The van der Waals surface area contributed by atoms with Gasteiger partial charge in [-0.2, -0.15) is 0 Å². The lowest BCUT2D eigenvalue weighted by atomic mass is 9.74. The summed E-state index contributed by atoms with van der Waals surface area (Å²) in [7, 11) is 0. The Balaban J connectivity index is 2.17. The van der Waals surface area contributed by atoms with Gasteiger partial charge >= 0.3 is 0 Å². The Kier molecular flexibility index (Phi) is 3.33. The third kappa shape index (κ3) is 1.81. The minimum atomic E-state index is -0.317. The summed E-state index contributed by atoms with van der Waals surface area (Å²) >= 11 is 2.32. The van der Waals surface area contributed by atoms with Crippen LogP contribution in [0.2, 0.25) is 0 Å². The monoisotopic (exact) mass is 321 g/mol. The van der Waals surface area contributed by atoms with Gasteiger partial charge in [-0.3, -0.25) is 14.9 Å². The third-order valence-electron chi connectivity index (χ3n) is 3.79. The molecule has 1 N–H and O–H groups in total. The van der Waals surface area contributed by atoms with E-state index < -0.39 is 0 Å². The van der Waals surface area contributed by atoms with Crippen LogP contribution in [0.5, 0.6) is 0 Å². The van der Waals surface area contributed by atoms with Crippen molar-refractivity contribution < 1.29 is 9.59 Å². The lowest BCUT2D eigenvalue weighted by Crippen LogP contribution is -2.32. The molecule has 4 heteroatoms. The summed E-state index contributed by atoms with van der Waals surface area (Å²) in [5, 5.41) is 2.53. The lowest BCUT2D eigenvalue weighted by molar-refractivity contribution is -0.128. The zero-order valence-corrected chi connectivity index (χ0v) is 10.9. The molecule has 2 fully saturated rings. The molecule has 0 aromatic heterocycles. The van der Waals surface area contributed by atoms with Crippen LogP contribution in [0.3, 0.4) is 0 Å². The van der Waals surface area contributed by atoms with Crippen LogP contribution in [0.1, 0.15) is 38.5 Å².